The number of carbonyl (C=O) groups excluding carboxylic acids is 1. The molecule has 3 aromatic heterocycles. The van der Waals surface area contributed by atoms with Gasteiger partial charge in [0.2, 0.25) is 5.91 Å². The number of carbonyl (C=O) groups is 1. The van der Waals surface area contributed by atoms with Gasteiger partial charge in [-0.05, 0) is 23.6 Å². The van der Waals surface area contributed by atoms with Crippen LogP contribution in [0.1, 0.15) is 6.42 Å². The van der Waals surface area contributed by atoms with E-state index in [1.165, 1.54) is 16.8 Å². The van der Waals surface area contributed by atoms with E-state index in [0.717, 1.165) is 16.4 Å². The summed E-state index contributed by atoms with van der Waals surface area (Å²) in [5.41, 5.74) is -0.0880. The van der Waals surface area contributed by atoms with E-state index in [1.807, 2.05) is 29.6 Å². The first kappa shape index (κ1) is 19.1. The van der Waals surface area contributed by atoms with E-state index in [1.54, 1.807) is 16.2 Å². The fraction of sp³-hybridized carbons (Fsp3) is 0.316. The van der Waals surface area contributed by atoms with Gasteiger partial charge < -0.3 is 14.4 Å². The van der Waals surface area contributed by atoms with Crippen LogP contribution in [-0.4, -0.2) is 56.7 Å². The Morgan fingerprint density at radius 2 is 1.90 bits per heavy atom. The normalized spacial score (nSPS) is 14.2. The molecule has 0 bridgehead atoms. The molecule has 0 radical (unpaired) electrons. The molecule has 9 nitrogen and oxygen atoms in total. The zero-order valence-corrected chi connectivity index (χ0v) is 16.5. The van der Waals surface area contributed by atoms with Crippen molar-refractivity contribution < 1.29 is 4.79 Å². The number of aromatic nitrogens is 4. The molecule has 3 aromatic rings. The summed E-state index contributed by atoms with van der Waals surface area (Å²) < 4.78 is 1.33. The standard InChI is InChI=1S/C19H20N6O3S/c26-17-5-7-25(19(28)20-17)8-6-18(27)24-11-9-23(10-12-24)16-4-3-14(21-22-16)15-2-1-13-29-15/h1-5,7,13H,6,8-12H2,(H,20,26,28). The minimum absolute atomic E-state index is 0.0122. The van der Waals surface area contributed by atoms with Crippen molar-refractivity contribution in [3.63, 3.8) is 0 Å². The Kier molecular flexibility index (Phi) is 5.52. The third kappa shape index (κ3) is 4.43. The molecule has 0 spiro atoms. The van der Waals surface area contributed by atoms with E-state index in [0.29, 0.717) is 26.2 Å². The number of nitrogens with zero attached hydrogens (tertiary/aromatic N) is 5. The van der Waals surface area contributed by atoms with Crippen LogP contribution in [0.5, 0.6) is 0 Å². The van der Waals surface area contributed by atoms with Crippen molar-refractivity contribution in [1.29, 1.82) is 0 Å². The van der Waals surface area contributed by atoms with Crippen LogP contribution in [0.4, 0.5) is 5.82 Å². The summed E-state index contributed by atoms with van der Waals surface area (Å²) >= 11 is 1.63. The van der Waals surface area contributed by atoms with Crippen molar-refractivity contribution in [3.8, 4) is 10.6 Å². The summed E-state index contributed by atoms with van der Waals surface area (Å²) in [5, 5.41) is 10.7. The molecule has 1 aliphatic heterocycles. The van der Waals surface area contributed by atoms with Gasteiger partial charge in [-0.15, -0.1) is 21.5 Å². The lowest BCUT2D eigenvalue weighted by Gasteiger charge is -2.35. The molecular formula is C19H20N6O3S. The number of hydrogen-bond donors (Lipinski definition) is 1. The number of rotatable bonds is 5. The first-order valence-corrected chi connectivity index (χ1v) is 10.2. The summed E-state index contributed by atoms with van der Waals surface area (Å²) in [6.45, 7) is 2.78. The molecule has 0 aromatic carbocycles. The molecular weight excluding hydrogens is 392 g/mol. The van der Waals surface area contributed by atoms with E-state index >= 15 is 0 Å². The maximum absolute atomic E-state index is 12.5. The maximum atomic E-state index is 12.5. The Hall–Kier alpha value is -3.27. The Balaban J connectivity index is 1.30. The van der Waals surface area contributed by atoms with Gasteiger partial charge in [-0.25, -0.2) is 4.79 Å². The molecule has 10 heteroatoms. The van der Waals surface area contributed by atoms with Crippen molar-refractivity contribution in [3.05, 3.63) is 62.7 Å². The molecule has 1 amide bonds. The van der Waals surface area contributed by atoms with E-state index < -0.39 is 11.2 Å². The zero-order valence-electron chi connectivity index (χ0n) is 15.7. The number of thiophene rings is 1. The molecule has 29 heavy (non-hydrogen) atoms. The van der Waals surface area contributed by atoms with Gasteiger partial charge in [0.15, 0.2) is 5.82 Å². The molecule has 1 saturated heterocycles. The van der Waals surface area contributed by atoms with E-state index in [2.05, 4.69) is 20.1 Å². The molecule has 1 aliphatic rings. The topological polar surface area (TPSA) is 104 Å². The Morgan fingerprint density at radius 3 is 2.55 bits per heavy atom. The van der Waals surface area contributed by atoms with Crippen molar-refractivity contribution >= 4 is 23.1 Å². The second kappa shape index (κ2) is 8.39. The minimum Gasteiger partial charge on any atom is -0.352 e. The summed E-state index contributed by atoms with van der Waals surface area (Å²) in [6, 6.07) is 9.20. The number of aryl methyl sites for hydroxylation is 1. The van der Waals surface area contributed by atoms with E-state index in [-0.39, 0.29) is 18.9 Å². The number of anilines is 1. The molecule has 0 atom stereocenters. The summed E-state index contributed by atoms with van der Waals surface area (Å²) in [7, 11) is 0. The van der Waals surface area contributed by atoms with Gasteiger partial charge in [0.05, 0.1) is 4.88 Å². The van der Waals surface area contributed by atoms with Crippen molar-refractivity contribution in [2.45, 2.75) is 13.0 Å². The predicted molar refractivity (Wildman–Crippen MR) is 110 cm³/mol. The molecule has 150 valence electrons. The lowest BCUT2D eigenvalue weighted by molar-refractivity contribution is -0.131. The Bertz CT molecular complexity index is 1080. The lowest BCUT2D eigenvalue weighted by Crippen LogP contribution is -2.49. The van der Waals surface area contributed by atoms with Crippen LogP contribution in [0.3, 0.4) is 0 Å². The quantitative estimate of drug-likeness (QED) is 0.665. The summed E-state index contributed by atoms with van der Waals surface area (Å²) in [4.78, 5) is 42.4. The summed E-state index contributed by atoms with van der Waals surface area (Å²) in [6.07, 6.45) is 1.62. The zero-order chi connectivity index (χ0) is 20.2. The van der Waals surface area contributed by atoms with Crippen molar-refractivity contribution in [2.75, 3.05) is 31.1 Å². The monoisotopic (exact) mass is 412 g/mol. The highest BCUT2D eigenvalue weighted by atomic mass is 32.1. The number of amides is 1. The van der Waals surface area contributed by atoms with E-state index in [4.69, 9.17) is 0 Å². The first-order chi connectivity index (χ1) is 14.1. The number of hydrogen-bond acceptors (Lipinski definition) is 7. The third-order valence-electron chi connectivity index (χ3n) is 4.84. The molecule has 0 unspecified atom stereocenters. The van der Waals surface area contributed by atoms with Gasteiger partial charge >= 0.3 is 5.69 Å². The number of aromatic amines is 1. The highest BCUT2D eigenvalue weighted by molar-refractivity contribution is 7.13. The van der Waals surface area contributed by atoms with E-state index in [9.17, 15) is 14.4 Å². The number of H-pyrrole nitrogens is 1. The second-order valence-corrected chi connectivity index (χ2v) is 7.62. The van der Waals surface area contributed by atoms with Gasteiger partial charge in [-0.2, -0.15) is 0 Å². The number of piperazine rings is 1. The molecule has 0 saturated carbocycles. The highest BCUT2D eigenvalue weighted by Crippen LogP contribution is 2.23. The number of nitrogens with one attached hydrogen (secondary N) is 1. The molecule has 1 fully saturated rings. The smallest absolute Gasteiger partial charge is 0.328 e. The average Bonchev–Trinajstić information content (AvgIpc) is 3.28. The fourth-order valence-corrected chi connectivity index (χ4v) is 3.92. The maximum Gasteiger partial charge on any atom is 0.328 e. The Morgan fingerprint density at radius 1 is 1.07 bits per heavy atom. The molecule has 4 rings (SSSR count). The van der Waals surface area contributed by atoms with Crippen LogP contribution < -0.4 is 16.1 Å². The average molecular weight is 412 g/mol. The summed E-state index contributed by atoms with van der Waals surface area (Å²) in [5.74, 6) is 0.791. The van der Waals surface area contributed by atoms with Crippen LogP contribution in [0, 0.1) is 0 Å². The van der Waals surface area contributed by atoms with Gasteiger partial charge in [0.1, 0.15) is 5.69 Å². The largest absolute Gasteiger partial charge is 0.352 e. The Labute approximate surface area is 170 Å². The second-order valence-electron chi connectivity index (χ2n) is 6.68. The first-order valence-electron chi connectivity index (χ1n) is 9.30. The third-order valence-corrected chi connectivity index (χ3v) is 5.74. The SMILES string of the molecule is O=C(CCn1ccc(=O)[nH]c1=O)N1CCN(c2ccc(-c3cccs3)nn2)CC1. The lowest BCUT2D eigenvalue weighted by atomic mass is 10.2. The van der Waals surface area contributed by atoms with Gasteiger partial charge in [0, 0.05) is 51.4 Å². The molecule has 0 aliphatic carbocycles. The van der Waals surface area contributed by atoms with Crippen LogP contribution in [0.2, 0.25) is 0 Å². The van der Waals surface area contributed by atoms with Crippen molar-refractivity contribution in [2.24, 2.45) is 0 Å². The minimum atomic E-state index is -0.500. The van der Waals surface area contributed by atoms with Gasteiger partial charge in [0.25, 0.3) is 5.56 Å². The van der Waals surface area contributed by atoms with Gasteiger partial charge in [-0.3, -0.25) is 14.6 Å². The van der Waals surface area contributed by atoms with Crippen LogP contribution in [-0.2, 0) is 11.3 Å². The molecule has 1 N–H and O–H groups in total. The van der Waals surface area contributed by atoms with Gasteiger partial charge in [-0.1, -0.05) is 6.07 Å². The van der Waals surface area contributed by atoms with Crippen LogP contribution in [0.25, 0.3) is 10.6 Å². The van der Waals surface area contributed by atoms with Crippen molar-refractivity contribution in [1.82, 2.24) is 24.6 Å². The highest BCUT2D eigenvalue weighted by Gasteiger charge is 2.22. The fourth-order valence-electron chi connectivity index (χ4n) is 3.23. The molecule has 4 heterocycles. The van der Waals surface area contributed by atoms with Crippen LogP contribution >= 0.6 is 11.3 Å². The van der Waals surface area contributed by atoms with Crippen LogP contribution in [0.15, 0.2) is 51.5 Å². The predicted octanol–water partition coefficient (Wildman–Crippen LogP) is 0.794.